The van der Waals surface area contributed by atoms with E-state index in [-0.39, 0.29) is 29.9 Å². The van der Waals surface area contributed by atoms with Crippen molar-refractivity contribution in [1.82, 2.24) is 15.0 Å². The Kier molecular flexibility index (Phi) is 4.97. The lowest BCUT2D eigenvalue weighted by Crippen LogP contribution is -2.11. The van der Waals surface area contributed by atoms with E-state index < -0.39 is 17.6 Å². The number of hydrogen-bond acceptors (Lipinski definition) is 7. The SMILES string of the molecule is Nc1nc(COC(=O)c2cc(F)cc(F)c2)nc(Nc2ccccc2)n1. The molecule has 0 aliphatic heterocycles. The third kappa shape index (κ3) is 4.47. The van der Waals surface area contributed by atoms with Gasteiger partial charge in [0.1, 0.15) is 11.6 Å². The Labute approximate surface area is 146 Å². The number of rotatable bonds is 5. The van der Waals surface area contributed by atoms with Crippen molar-refractivity contribution in [2.45, 2.75) is 6.61 Å². The van der Waals surface area contributed by atoms with Crippen LogP contribution in [0.2, 0.25) is 0 Å². The topological polar surface area (TPSA) is 103 Å². The maximum Gasteiger partial charge on any atom is 0.338 e. The van der Waals surface area contributed by atoms with E-state index in [9.17, 15) is 13.6 Å². The Morgan fingerprint density at radius 3 is 2.42 bits per heavy atom. The second kappa shape index (κ2) is 7.51. The molecule has 0 bridgehead atoms. The largest absolute Gasteiger partial charge is 0.454 e. The molecular weight excluding hydrogens is 344 g/mol. The van der Waals surface area contributed by atoms with Gasteiger partial charge in [0.2, 0.25) is 11.9 Å². The molecule has 9 heteroatoms. The molecule has 3 rings (SSSR count). The van der Waals surface area contributed by atoms with Gasteiger partial charge >= 0.3 is 5.97 Å². The second-order valence-electron chi connectivity index (χ2n) is 5.16. The lowest BCUT2D eigenvalue weighted by molar-refractivity contribution is 0.0461. The fourth-order valence-electron chi connectivity index (χ4n) is 2.09. The van der Waals surface area contributed by atoms with Gasteiger partial charge in [-0.3, -0.25) is 0 Å². The molecule has 1 aromatic heterocycles. The predicted molar refractivity (Wildman–Crippen MR) is 89.4 cm³/mol. The van der Waals surface area contributed by atoms with Gasteiger partial charge in [0.05, 0.1) is 5.56 Å². The molecule has 26 heavy (non-hydrogen) atoms. The Morgan fingerprint density at radius 2 is 1.73 bits per heavy atom. The number of esters is 1. The van der Waals surface area contributed by atoms with Crippen molar-refractivity contribution in [3.05, 3.63) is 71.6 Å². The van der Waals surface area contributed by atoms with Crippen LogP contribution in [0.3, 0.4) is 0 Å². The molecule has 0 unspecified atom stereocenters. The van der Waals surface area contributed by atoms with Gasteiger partial charge in [-0.1, -0.05) is 18.2 Å². The van der Waals surface area contributed by atoms with E-state index in [0.717, 1.165) is 17.8 Å². The number of carbonyl (C=O) groups excluding carboxylic acids is 1. The summed E-state index contributed by atoms with van der Waals surface area (Å²) < 4.78 is 31.3. The molecule has 0 saturated heterocycles. The van der Waals surface area contributed by atoms with Gasteiger partial charge < -0.3 is 15.8 Å². The summed E-state index contributed by atoms with van der Waals surface area (Å²) in [6, 6.07) is 11.5. The summed E-state index contributed by atoms with van der Waals surface area (Å²) in [7, 11) is 0. The quantitative estimate of drug-likeness (QED) is 0.677. The van der Waals surface area contributed by atoms with Gasteiger partial charge in [-0.15, -0.1) is 0 Å². The molecule has 0 fully saturated rings. The van der Waals surface area contributed by atoms with Crippen molar-refractivity contribution >= 4 is 23.6 Å². The van der Waals surface area contributed by atoms with Crippen LogP contribution < -0.4 is 11.1 Å². The Morgan fingerprint density at radius 1 is 1.04 bits per heavy atom. The number of nitrogen functional groups attached to an aromatic ring is 1. The average molecular weight is 357 g/mol. The summed E-state index contributed by atoms with van der Waals surface area (Å²) in [5, 5.41) is 2.94. The first-order valence-electron chi connectivity index (χ1n) is 7.45. The van der Waals surface area contributed by atoms with Crippen molar-refractivity contribution in [1.29, 1.82) is 0 Å². The van der Waals surface area contributed by atoms with E-state index in [0.29, 0.717) is 6.07 Å². The molecule has 0 saturated carbocycles. The van der Waals surface area contributed by atoms with E-state index in [1.807, 2.05) is 18.2 Å². The molecular formula is C17H13F2N5O2. The molecule has 0 radical (unpaired) electrons. The minimum Gasteiger partial charge on any atom is -0.454 e. The summed E-state index contributed by atoms with van der Waals surface area (Å²) in [6.07, 6.45) is 0. The number of para-hydroxylation sites is 1. The summed E-state index contributed by atoms with van der Waals surface area (Å²) in [5.74, 6) is -2.49. The van der Waals surface area contributed by atoms with Gasteiger partial charge in [0, 0.05) is 11.8 Å². The standard InChI is InChI=1S/C17H13F2N5O2/c18-11-6-10(7-12(19)8-11)15(25)26-9-14-22-16(20)24-17(23-14)21-13-4-2-1-3-5-13/h1-8H,9H2,(H3,20,21,22,23,24). The van der Waals surface area contributed by atoms with E-state index in [2.05, 4.69) is 20.3 Å². The zero-order chi connectivity index (χ0) is 18.5. The summed E-state index contributed by atoms with van der Waals surface area (Å²) >= 11 is 0. The van der Waals surface area contributed by atoms with Crippen LogP contribution in [0, 0.1) is 11.6 Å². The van der Waals surface area contributed by atoms with Crippen LogP contribution in [0.5, 0.6) is 0 Å². The molecule has 3 aromatic rings. The lowest BCUT2D eigenvalue weighted by Gasteiger charge is -2.08. The van der Waals surface area contributed by atoms with Gasteiger partial charge in [-0.25, -0.2) is 13.6 Å². The molecule has 132 valence electrons. The van der Waals surface area contributed by atoms with Gasteiger partial charge in [-0.2, -0.15) is 15.0 Å². The zero-order valence-corrected chi connectivity index (χ0v) is 13.3. The molecule has 2 aromatic carbocycles. The summed E-state index contributed by atoms with van der Waals surface area (Å²) in [6.45, 7) is -0.340. The first kappa shape index (κ1) is 17.2. The van der Waals surface area contributed by atoms with E-state index in [1.54, 1.807) is 12.1 Å². The molecule has 3 N–H and O–H groups in total. The maximum absolute atomic E-state index is 13.2. The van der Waals surface area contributed by atoms with Crippen molar-refractivity contribution in [3.63, 3.8) is 0 Å². The Hall–Kier alpha value is -3.62. The zero-order valence-electron chi connectivity index (χ0n) is 13.3. The minimum atomic E-state index is -0.917. The number of hydrogen-bond donors (Lipinski definition) is 2. The smallest absolute Gasteiger partial charge is 0.338 e. The number of benzene rings is 2. The minimum absolute atomic E-state index is 0.0683. The third-order valence-electron chi connectivity index (χ3n) is 3.16. The van der Waals surface area contributed by atoms with E-state index >= 15 is 0 Å². The number of anilines is 3. The van der Waals surface area contributed by atoms with Crippen molar-refractivity contribution in [2.75, 3.05) is 11.1 Å². The molecule has 0 aliphatic carbocycles. The number of ether oxygens (including phenoxy) is 1. The van der Waals surface area contributed by atoms with Crippen LogP contribution in [0.1, 0.15) is 16.2 Å². The number of carbonyl (C=O) groups is 1. The molecule has 0 spiro atoms. The highest BCUT2D eigenvalue weighted by Crippen LogP contribution is 2.14. The van der Waals surface area contributed by atoms with Crippen molar-refractivity contribution in [2.24, 2.45) is 0 Å². The molecule has 0 aliphatic rings. The summed E-state index contributed by atoms with van der Waals surface area (Å²) in [4.78, 5) is 23.8. The van der Waals surface area contributed by atoms with Crippen LogP contribution in [0.4, 0.5) is 26.4 Å². The van der Waals surface area contributed by atoms with Crippen molar-refractivity contribution < 1.29 is 18.3 Å². The maximum atomic E-state index is 13.2. The van der Waals surface area contributed by atoms with Gasteiger partial charge in [0.15, 0.2) is 12.4 Å². The third-order valence-corrected chi connectivity index (χ3v) is 3.16. The fourth-order valence-corrected chi connectivity index (χ4v) is 2.09. The first-order chi connectivity index (χ1) is 12.5. The number of nitrogens with two attached hydrogens (primary N) is 1. The Bertz CT molecular complexity index is 917. The first-order valence-corrected chi connectivity index (χ1v) is 7.45. The molecule has 7 nitrogen and oxygen atoms in total. The molecule has 1 heterocycles. The molecule has 0 amide bonds. The van der Waals surface area contributed by atoms with Crippen LogP contribution in [0.25, 0.3) is 0 Å². The number of nitrogens with one attached hydrogen (secondary N) is 1. The highest BCUT2D eigenvalue weighted by molar-refractivity contribution is 5.89. The van der Waals surface area contributed by atoms with E-state index in [1.165, 1.54) is 0 Å². The van der Waals surface area contributed by atoms with Crippen molar-refractivity contribution in [3.8, 4) is 0 Å². The highest BCUT2D eigenvalue weighted by atomic mass is 19.1. The number of halogens is 2. The Balaban J connectivity index is 1.70. The predicted octanol–water partition coefficient (Wildman–Crippen LogP) is 2.83. The number of nitrogens with zero attached hydrogens (tertiary/aromatic N) is 3. The fraction of sp³-hybridized carbons (Fsp3) is 0.0588. The van der Waals surface area contributed by atoms with Gasteiger partial charge in [0.25, 0.3) is 0 Å². The van der Waals surface area contributed by atoms with E-state index in [4.69, 9.17) is 10.5 Å². The molecule has 0 atom stereocenters. The normalized spacial score (nSPS) is 10.4. The number of aromatic nitrogens is 3. The average Bonchev–Trinajstić information content (AvgIpc) is 2.59. The highest BCUT2D eigenvalue weighted by Gasteiger charge is 2.13. The lowest BCUT2D eigenvalue weighted by atomic mass is 10.2. The second-order valence-corrected chi connectivity index (χ2v) is 5.16. The van der Waals surface area contributed by atoms with Gasteiger partial charge in [-0.05, 0) is 24.3 Å². The van der Waals surface area contributed by atoms with Crippen LogP contribution >= 0.6 is 0 Å². The van der Waals surface area contributed by atoms with Crippen LogP contribution in [-0.4, -0.2) is 20.9 Å². The monoisotopic (exact) mass is 357 g/mol. The van der Waals surface area contributed by atoms with Crippen LogP contribution in [0.15, 0.2) is 48.5 Å². The van der Waals surface area contributed by atoms with Crippen LogP contribution in [-0.2, 0) is 11.3 Å². The summed E-state index contributed by atoms with van der Waals surface area (Å²) in [5.41, 5.74) is 6.10.